The van der Waals surface area contributed by atoms with Gasteiger partial charge < -0.3 is 19.3 Å². The molecule has 4 heterocycles. The van der Waals surface area contributed by atoms with Crippen LogP contribution in [-0.2, 0) is 20.7 Å². The number of aromatic nitrogens is 2. The van der Waals surface area contributed by atoms with E-state index in [-0.39, 0.29) is 18.2 Å². The number of para-hydroxylation sites is 1. The number of ether oxygens (including phenoxy) is 2. The second kappa shape index (κ2) is 9.64. The molecule has 1 atom stereocenters. The molecular weight excluding hydrogens is 420 g/mol. The molecule has 8 nitrogen and oxygen atoms in total. The molecule has 5 rings (SSSR count). The van der Waals surface area contributed by atoms with Gasteiger partial charge in [-0.2, -0.15) is 0 Å². The van der Waals surface area contributed by atoms with Crippen LogP contribution >= 0.6 is 0 Å². The van der Waals surface area contributed by atoms with E-state index >= 15 is 0 Å². The van der Waals surface area contributed by atoms with Crippen molar-refractivity contribution in [3.8, 4) is 0 Å². The highest BCUT2D eigenvalue weighted by Gasteiger charge is 2.29. The van der Waals surface area contributed by atoms with Crippen molar-refractivity contribution in [3.05, 3.63) is 71.7 Å². The zero-order valence-corrected chi connectivity index (χ0v) is 18.4. The van der Waals surface area contributed by atoms with E-state index in [9.17, 15) is 9.59 Å². The number of benzene rings is 1. The van der Waals surface area contributed by atoms with Crippen molar-refractivity contribution < 1.29 is 19.1 Å². The first-order valence-electron chi connectivity index (χ1n) is 11.2. The summed E-state index contributed by atoms with van der Waals surface area (Å²) < 4.78 is 11.4. The van der Waals surface area contributed by atoms with Crippen LogP contribution in [0.15, 0.2) is 54.7 Å². The number of hydrogen-bond acceptors (Lipinski definition) is 6. The first-order valence-corrected chi connectivity index (χ1v) is 11.2. The van der Waals surface area contributed by atoms with Gasteiger partial charge in [-0.15, -0.1) is 0 Å². The molecule has 0 unspecified atom stereocenters. The number of carbonyl (C=O) groups excluding carboxylic acids is 2. The maximum atomic E-state index is 13.4. The van der Waals surface area contributed by atoms with E-state index in [0.717, 1.165) is 16.6 Å². The smallest absolute Gasteiger partial charge is 0.254 e. The van der Waals surface area contributed by atoms with Crippen LogP contribution in [0.5, 0.6) is 0 Å². The minimum Gasteiger partial charge on any atom is -0.378 e. The number of pyridine rings is 2. The molecule has 2 aliphatic rings. The molecule has 2 fully saturated rings. The molecule has 3 aromatic rings. The zero-order chi connectivity index (χ0) is 22.6. The Bertz CT molecular complexity index is 1150. The summed E-state index contributed by atoms with van der Waals surface area (Å²) >= 11 is 0. The maximum absolute atomic E-state index is 13.4. The number of carbonyl (C=O) groups is 2. The highest BCUT2D eigenvalue weighted by atomic mass is 16.5. The summed E-state index contributed by atoms with van der Waals surface area (Å²) in [5.41, 5.74) is 2.76. The lowest BCUT2D eigenvalue weighted by molar-refractivity contribution is -0.138. The minimum absolute atomic E-state index is 0.00686. The number of amides is 2. The van der Waals surface area contributed by atoms with Crippen LogP contribution in [0.4, 0.5) is 0 Å². The predicted molar refractivity (Wildman–Crippen MR) is 122 cm³/mol. The first kappa shape index (κ1) is 21.5. The van der Waals surface area contributed by atoms with Crippen molar-refractivity contribution >= 4 is 22.7 Å². The van der Waals surface area contributed by atoms with Gasteiger partial charge in [0.25, 0.3) is 5.91 Å². The van der Waals surface area contributed by atoms with Crippen LogP contribution in [0.3, 0.4) is 0 Å². The zero-order valence-electron chi connectivity index (χ0n) is 18.4. The molecule has 0 radical (unpaired) electrons. The van der Waals surface area contributed by atoms with Crippen molar-refractivity contribution in [1.82, 2.24) is 19.8 Å². The van der Waals surface area contributed by atoms with Gasteiger partial charge in [0, 0.05) is 36.9 Å². The van der Waals surface area contributed by atoms with Gasteiger partial charge >= 0.3 is 0 Å². The van der Waals surface area contributed by atoms with Gasteiger partial charge in [0.1, 0.15) is 6.10 Å². The van der Waals surface area contributed by atoms with E-state index in [0.29, 0.717) is 57.3 Å². The van der Waals surface area contributed by atoms with Gasteiger partial charge in [0.15, 0.2) is 0 Å². The molecule has 1 aromatic carbocycles. The molecule has 2 saturated heterocycles. The summed E-state index contributed by atoms with van der Waals surface area (Å²) in [4.78, 5) is 38.9. The molecule has 0 spiro atoms. The Morgan fingerprint density at radius 1 is 0.970 bits per heavy atom. The highest BCUT2D eigenvalue weighted by molar-refractivity contribution is 6.06. The summed E-state index contributed by atoms with van der Waals surface area (Å²) in [5, 5.41) is 0.816. The number of nitrogens with zero attached hydrogens (tertiary/aromatic N) is 4. The quantitative estimate of drug-likeness (QED) is 0.611. The summed E-state index contributed by atoms with van der Waals surface area (Å²) in [6.45, 7) is 3.56. The number of hydrogen-bond donors (Lipinski definition) is 0. The molecular formula is C25H26N4O4. The molecule has 0 saturated carbocycles. The lowest BCUT2D eigenvalue weighted by atomic mass is 10.0. The Balaban J connectivity index is 1.40. The Hall–Kier alpha value is -3.36. The monoisotopic (exact) mass is 446 g/mol. The molecule has 2 aromatic heterocycles. The van der Waals surface area contributed by atoms with Crippen LogP contribution in [0, 0.1) is 0 Å². The Morgan fingerprint density at radius 3 is 2.58 bits per heavy atom. The molecule has 0 aliphatic carbocycles. The lowest BCUT2D eigenvalue weighted by Crippen LogP contribution is -2.43. The number of rotatable bonds is 4. The number of fused-ring (bicyclic) bond motifs is 1. The fourth-order valence-corrected chi connectivity index (χ4v) is 4.30. The Labute approximate surface area is 192 Å². The van der Waals surface area contributed by atoms with E-state index in [4.69, 9.17) is 14.5 Å². The van der Waals surface area contributed by atoms with E-state index < -0.39 is 6.10 Å². The third-order valence-electron chi connectivity index (χ3n) is 6.07. The average Bonchev–Trinajstić information content (AvgIpc) is 2.89. The normalized spacial score (nSPS) is 19.0. The Morgan fingerprint density at radius 2 is 1.76 bits per heavy atom. The van der Waals surface area contributed by atoms with Gasteiger partial charge in [-0.25, -0.2) is 4.98 Å². The van der Waals surface area contributed by atoms with E-state index in [2.05, 4.69) is 4.98 Å². The Kier molecular flexibility index (Phi) is 6.28. The summed E-state index contributed by atoms with van der Waals surface area (Å²) in [7, 11) is 0. The van der Waals surface area contributed by atoms with E-state index in [1.165, 1.54) is 0 Å². The molecule has 33 heavy (non-hydrogen) atoms. The third-order valence-corrected chi connectivity index (χ3v) is 6.07. The molecule has 170 valence electrons. The molecule has 2 amide bonds. The van der Waals surface area contributed by atoms with E-state index in [1.54, 1.807) is 11.1 Å². The average molecular weight is 447 g/mol. The molecule has 8 heteroatoms. The second-order valence-electron chi connectivity index (χ2n) is 8.21. The van der Waals surface area contributed by atoms with Crippen LogP contribution in [0.1, 0.15) is 27.8 Å². The van der Waals surface area contributed by atoms with Crippen molar-refractivity contribution in [2.45, 2.75) is 12.5 Å². The van der Waals surface area contributed by atoms with Crippen molar-refractivity contribution in [2.75, 3.05) is 46.0 Å². The highest BCUT2D eigenvalue weighted by Crippen LogP contribution is 2.27. The molecule has 0 N–H and O–H groups in total. The van der Waals surface area contributed by atoms with Crippen LogP contribution in [0.25, 0.3) is 10.9 Å². The fraction of sp³-hybridized carbons (Fsp3) is 0.360. The maximum Gasteiger partial charge on any atom is 0.254 e. The predicted octanol–water partition coefficient (Wildman–Crippen LogP) is 2.24. The number of morpholine rings is 2. The lowest BCUT2D eigenvalue weighted by Gasteiger charge is -2.33. The fourth-order valence-electron chi connectivity index (χ4n) is 4.30. The van der Waals surface area contributed by atoms with Gasteiger partial charge in [-0.05, 0) is 24.3 Å². The second-order valence-corrected chi connectivity index (χ2v) is 8.21. The van der Waals surface area contributed by atoms with Gasteiger partial charge in [-0.1, -0.05) is 24.3 Å². The van der Waals surface area contributed by atoms with Gasteiger partial charge in [-0.3, -0.25) is 14.6 Å². The SMILES string of the molecule is O=C(Cc1ccccn1)N1CCO[C@@H](c2cc(C(=O)N3CCOCC3)c3ccccc3n2)C1. The third kappa shape index (κ3) is 4.72. The van der Waals surface area contributed by atoms with Gasteiger partial charge in [0.2, 0.25) is 5.91 Å². The largest absolute Gasteiger partial charge is 0.378 e. The van der Waals surface area contributed by atoms with Crippen LogP contribution in [0.2, 0.25) is 0 Å². The van der Waals surface area contributed by atoms with Crippen LogP contribution in [-0.4, -0.2) is 77.6 Å². The first-order chi connectivity index (χ1) is 16.2. The summed E-state index contributed by atoms with van der Waals surface area (Å²) in [6, 6.07) is 15.0. The van der Waals surface area contributed by atoms with Gasteiger partial charge in [0.05, 0.1) is 49.6 Å². The summed E-state index contributed by atoms with van der Waals surface area (Å²) in [6.07, 6.45) is 1.54. The summed E-state index contributed by atoms with van der Waals surface area (Å²) in [5.74, 6) is -0.0237. The standard InChI is InChI=1S/C25H26N4O4/c30-24(15-18-5-3-4-8-26-18)29-11-14-33-23(17-29)22-16-20(19-6-1-2-7-21(19)27-22)25(31)28-9-12-32-13-10-28/h1-8,16,23H,9-15,17H2/t23-/m1/s1. The topological polar surface area (TPSA) is 84.9 Å². The van der Waals surface area contributed by atoms with Crippen LogP contribution < -0.4 is 0 Å². The molecule has 2 aliphatic heterocycles. The van der Waals surface area contributed by atoms with E-state index in [1.807, 2.05) is 53.4 Å². The molecule has 0 bridgehead atoms. The van der Waals surface area contributed by atoms with Crippen molar-refractivity contribution in [2.24, 2.45) is 0 Å². The minimum atomic E-state index is -0.396. The van der Waals surface area contributed by atoms with Crippen molar-refractivity contribution in [3.63, 3.8) is 0 Å². The van der Waals surface area contributed by atoms with Crippen molar-refractivity contribution in [1.29, 1.82) is 0 Å².